The predicted octanol–water partition coefficient (Wildman–Crippen LogP) is 7.97. The van der Waals surface area contributed by atoms with Crippen LogP contribution in [0, 0.1) is 0 Å². The van der Waals surface area contributed by atoms with Gasteiger partial charge in [0.2, 0.25) is 0 Å². The van der Waals surface area contributed by atoms with Gasteiger partial charge in [-0.1, -0.05) is 79.5 Å². The van der Waals surface area contributed by atoms with Crippen LogP contribution >= 0.6 is 23.2 Å². The molecule has 3 aromatic carbocycles. The minimum atomic E-state index is 0.198. The number of hydrogen-bond acceptors (Lipinski definition) is 2. The van der Waals surface area contributed by atoms with E-state index in [0.717, 1.165) is 33.9 Å². The second-order valence-electron chi connectivity index (χ2n) is 6.66. The number of rotatable bonds is 7. The Balaban J connectivity index is 1.81. The van der Waals surface area contributed by atoms with E-state index in [0.29, 0.717) is 6.61 Å². The number of benzene rings is 3. The van der Waals surface area contributed by atoms with E-state index in [1.54, 1.807) is 6.08 Å². The molecule has 3 aromatic rings. The zero-order valence-electron chi connectivity index (χ0n) is 15.9. The van der Waals surface area contributed by atoms with Gasteiger partial charge in [0.1, 0.15) is 28.3 Å². The molecule has 0 amide bonds. The predicted molar refractivity (Wildman–Crippen MR) is 118 cm³/mol. The molecule has 0 radical (unpaired) electrons. The summed E-state index contributed by atoms with van der Waals surface area (Å²) < 4.78 is 12.1. The van der Waals surface area contributed by atoms with E-state index in [1.807, 2.05) is 54.6 Å². The van der Waals surface area contributed by atoms with Crippen molar-refractivity contribution in [3.63, 3.8) is 0 Å². The van der Waals surface area contributed by atoms with Crippen molar-refractivity contribution in [3.8, 4) is 28.4 Å². The van der Waals surface area contributed by atoms with E-state index in [2.05, 4.69) is 32.0 Å². The van der Waals surface area contributed by atoms with E-state index < -0.39 is 0 Å². The Kier molecular flexibility index (Phi) is 7.02. The lowest BCUT2D eigenvalue weighted by molar-refractivity contribution is 0.356. The van der Waals surface area contributed by atoms with Gasteiger partial charge in [-0.25, -0.2) is 0 Å². The molecule has 0 fully saturated rings. The van der Waals surface area contributed by atoms with Crippen molar-refractivity contribution in [2.45, 2.75) is 19.8 Å². The summed E-state index contributed by atoms with van der Waals surface area (Å²) >= 11 is 11.3. The van der Waals surface area contributed by atoms with Gasteiger partial charge < -0.3 is 9.47 Å². The summed E-state index contributed by atoms with van der Waals surface area (Å²) in [6.07, 6.45) is 1.62. The standard InChI is InChI=1S/C24H22Cl2O2/c1-17(2)22-16-21(11-12-23(22)27-14-13-24(25)26)28-20-10-6-9-19(15-20)18-7-4-3-5-8-18/h3-13,15-17H,14H2,1-2H3. The van der Waals surface area contributed by atoms with Gasteiger partial charge >= 0.3 is 0 Å². The molecule has 2 nitrogen and oxygen atoms in total. The van der Waals surface area contributed by atoms with Gasteiger partial charge in [0.25, 0.3) is 0 Å². The van der Waals surface area contributed by atoms with E-state index in [-0.39, 0.29) is 10.4 Å². The number of halogens is 2. The molecular weight excluding hydrogens is 391 g/mol. The van der Waals surface area contributed by atoms with E-state index in [1.165, 1.54) is 0 Å². The fraction of sp³-hybridized carbons (Fsp3) is 0.167. The normalized spacial score (nSPS) is 10.6. The summed E-state index contributed by atoms with van der Waals surface area (Å²) in [6.45, 7) is 4.56. The Morgan fingerprint density at radius 1 is 0.857 bits per heavy atom. The van der Waals surface area contributed by atoms with E-state index in [4.69, 9.17) is 32.7 Å². The molecule has 3 rings (SSSR count). The molecular formula is C24H22Cl2O2. The summed E-state index contributed by atoms with van der Waals surface area (Å²) in [6, 6.07) is 24.2. The van der Waals surface area contributed by atoms with Gasteiger partial charge in [0.15, 0.2) is 0 Å². The van der Waals surface area contributed by atoms with Crippen LogP contribution in [0.2, 0.25) is 0 Å². The van der Waals surface area contributed by atoms with Gasteiger partial charge in [0, 0.05) is 5.56 Å². The highest BCUT2D eigenvalue weighted by Gasteiger charge is 2.11. The Labute approximate surface area is 176 Å². The lowest BCUT2D eigenvalue weighted by atomic mass is 10.0. The Morgan fingerprint density at radius 2 is 1.57 bits per heavy atom. The van der Waals surface area contributed by atoms with E-state index in [9.17, 15) is 0 Å². The zero-order chi connectivity index (χ0) is 19.9. The SMILES string of the molecule is CC(C)c1cc(Oc2cccc(-c3ccccc3)c2)ccc1OCC=C(Cl)Cl. The van der Waals surface area contributed by atoms with Gasteiger partial charge in [-0.3, -0.25) is 0 Å². The minimum absolute atomic E-state index is 0.198. The average molecular weight is 413 g/mol. The second-order valence-corrected chi connectivity index (χ2v) is 7.66. The summed E-state index contributed by atoms with van der Waals surface area (Å²) in [7, 11) is 0. The van der Waals surface area contributed by atoms with Crippen molar-refractivity contribution in [2.75, 3.05) is 6.61 Å². The van der Waals surface area contributed by atoms with Crippen molar-refractivity contribution < 1.29 is 9.47 Å². The van der Waals surface area contributed by atoms with Crippen molar-refractivity contribution in [1.82, 2.24) is 0 Å². The Morgan fingerprint density at radius 3 is 2.29 bits per heavy atom. The van der Waals surface area contributed by atoms with Crippen molar-refractivity contribution in [2.24, 2.45) is 0 Å². The zero-order valence-corrected chi connectivity index (χ0v) is 17.4. The first kappa shape index (κ1) is 20.3. The maximum Gasteiger partial charge on any atom is 0.128 e. The fourth-order valence-corrected chi connectivity index (χ4v) is 3.00. The van der Waals surface area contributed by atoms with Crippen LogP contribution in [-0.4, -0.2) is 6.61 Å². The smallest absolute Gasteiger partial charge is 0.128 e. The van der Waals surface area contributed by atoms with Gasteiger partial charge in [-0.2, -0.15) is 0 Å². The molecule has 28 heavy (non-hydrogen) atoms. The van der Waals surface area contributed by atoms with Crippen LogP contribution in [0.4, 0.5) is 0 Å². The molecule has 144 valence electrons. The monoisotopic (exact) mass is 412 g/mol. The highest BCUT2D eigenvalue weighted by Crippen LogP contribution is 2.33. The topological polar surface area (TPSA) is 18.5 Å². The third-order valence-corrected chi connectivity index (χ3v) is 4.57. The highest BCUT2D eigenvalue weighted by atomic mass is 35.5. The lowest BCUT2D eigenvalue weighted by Gasteiger charge is -2.15. The summed E-state index contributed by atoms with van der Waals surface area (Å²) in [5.74, 6) is 2.64. The maximum atomic E-state index is 6.12. The molecule has 0 atom stereocenters. The Bertz CT molecular complexity index is 946. The van der Waals surface area contributed by atoms with E-state index >= 15 is 0 Å². The maximum absolute atomic E-state index is 6.12. The minimum Gasteiger partial charge on any atom is -0.489 e. The fourth-order valence-electron chi connectivity index (χ4n) is 2.87. The van der Waals surface area contributed by atoms with Crippen LogP contribution in [0.15, 0.2) is 83.4 Å². The first-order valence-electron chi connectivity index (χ1n) is 9.14. The molecule has 0 spiro atoms. The van der Waals surface area contributed by atoms with Crippen LogP contribution in [-0.2, 0) is 0 Å². The molecule has 0 unspecified atom stereocenters. The largest absolute Gasteiger partial charge is 0.489 e. The molecule has 0 saturated carbocycles. The van der Waals surface area contributed by atoms with Crippen LogP contribution in [0.3, 0.4) is 0 Å². The van der Waals surface area contributed by atoms with Crippen molar-refractivity contribution in [1.29, 1.82) is 0 Å². The second kappa shape index (κ2) is 9.68. The summed E-state index contributed by atoms with van der Waals surface area (Å²) in [4.78, 5) is 0. The summed E-state index contributed by atoms with van der Waals surface area (Å²) in [5, 5.41) is 0. The van der Waals surface area contributed by atoms with Crippen LogP contribution < -0.4 is 9.47 Å². The summed E-state index contributed by atoms with van der Waals surface area (Å²) in [5.41, 5.74) is 3.34. The van der Waals surface area contributed by atoms with Crippen molar-refractivity contribution in [3.05, 3.63) is 88.9 Å². The third-order valence-electron chi connectivity index (χ3n) is 4.26. The molecule has 0 N–H and O–H groups in total. The van der Waals surface area contributed by atoms with Gasteiger partial charge in [0.05, 0.1) is 0 Å². The van der Waals surface area contributed by atoms with Crippen LogP contribution in [0.25, 0.3) is 11.1 Å². The lowest BCUT2D eigenvalue weighted by Crippen LogP contribution is -2.00. The highest BCUT2D eigenvalue weighted by molar-refractivity contribution is 6.55. The number of ether oxygens (including phenoxy) is 2. The van der Waals surface area contributed by atoms with Crippen molar-refractivity contribution >= 4 is 23.2 Å². The molecule has 0 aliphatic heterocycles. The molecule has 0 aromatic heterocycles. The van der Waals surface area contributed by atoms with Crippen LogP contribution in [0.1, 0.15) is 25.3 Å². The molecule has 0 saturated heterocycles. The average Bonchev–Trinajstić information content (AvgIpc) is 2.69. The molecule has 0 aliphatic carbocycles. The third kappa shape index (κ3) is 5.54. The first-order chi connectivity index (χ1) is 13.5. The van der Waals surface area contributed by atoms with Crippen LogP contribution in [0.5, 0.6) is 17.2 Å². The molecule has 0 bridgehead atoms. The molecule has 0 aliphatic rings. The molecule has 4 heteroatoms. The first-order valence-corrected chi connectivity index (χ1v) is 9.90. The van der Waals surface area contributed by atoms with Gasteiger partial charge in [-0.15, -0.1) is 0 Å². The molecule has 0 heterocycles. The Hall–Kier alpha value is -2.42. The quantitative estimate of drug-likeness (QED) is 0.391. The van der Waals surface area contributed by atoms with Gasteiger partial charge in [-0.05, 0) is 53.5 Å². The number of hydrogen-bond donors (Lipinski definition) is 0.